The second-order valence-electron chi connectivity index (χ2n) is 6.20. The number of benzene rings is 3. The highest BCUT2D eigenvalue weighted by Crippen LogP contribution is 2.25. The number of hydrogen-bond acceptors (Lipinski definition) is 2. The van der Waals surface area contributed by atoms with E-state index in [1.54, 1.807) is 0 Å². The van der Waals surface area contributed by atoms with Crippen LogP contribution in [0.5, 0.6) is 0 Å². The molecule has 1 aromatic heterocycles. The van der Waals surface area contributed by atoms with E-state index in [2.05, 4.69) is 94.9 Å². The lowest BCUT2D eigenvalue weighted by Crippen LogP contribution is -2.42. The molecule has 0 spiro atoms. The van der Waals surface area contributed by atoms with Crippen LogP contribution in [0.1, 0.15) is 11.7 Å². The van der Waals surface area contributed by atoms with Gasteiger partial charge < -0.3 is 0 Å². The van der Waals surface area contributed by atoms with Crippen molar-refractivity contribution < 1.29 is 0 Å². The molecular formula is C22H17N3. The predicted octanol–water partition coefficient (Wildman–Crippen LogP) is 3.35. The average Bonchev–Trinajstić information content (AvgIpc) is 3.12. The van der Waals surface area contributed by atoms with E-state index in [4.69, 9.17) is 4.99 Å². The van der Waals surface area contributed by atoms with E-state index in [0.717, 1.165) is 10.6 Å². The molecule has 0 bridgehead atoms. The minimum atomic E-state index is -0.0908. The Morgan fingerprint density at radius 1 is 0.720 bits per heavy atom. The van der Waals surface area contributed by atoms with Crippen molar-refractivity contribution in [3.05, 3.63) is 107 Å². The van der Waals surface area contributed by atoms with Crippen LogP contribution in [-0.4, -0.2) is 4.68 Å². The molecule has 2 heterocycles. The van der Waals surface area contributed by atoms with Gasteiger partial charge >= 0.3 is 0 Å². The van der Waals surface area contributed by atoms with Crippen molar-refractivity contribution in [3.8, 4) is 0 Å². The molecule has 0 saturated carbocycles. The van der Waals surface area contributed by atoms with Crippen LogP contribution >= 0.6 is 0 Å². The third-order valence-corrected chi connectivity index (χ3v) is 4.65. The van der Waals surface area contributed by atoms with Crippen LogP contribution in [-0.2, 0) is 0 Å². The molecule has 1 aliphatic rings. The van der Waals surface area contributed by atoms with E-state index >= 15 is 0 Å². The fourth-order valence-corrected chi connectivity index (χ4v) is 3.42. The third kappa shape index (κ3) is 2.32. The van der Waals surface area contributed by atoms with Crippen LogP contribution < -0.4 is 15.6 Å². The zero-order valence-corrected chi connectivity index (χ0v) is 13.7. The molecule has 0 saturated heterocycles. The Morgan fingerprint density at radius 3 is 2.40 bits per heavy atom. The second kappa shape index (κ2) is 5.64. The molecule has 0 fully saturated rings. The van der Waals surface area contributed by atoms with E-state index in [0.29, 0.717) is 0 Å². The lowest BCUT2D eigenvalue weighted by molar-refractivity contribution is 0.584. The van der Waals surface area contributed by atoms with E-state index < -0.39 is 0 Å². The Morgan fingerprint density at radius 2 is 1.48 bits per heavy atom. The van der Waals surface area contributed by atoms with Crippen LogP contribution in [0.15, 0.2) is 96.1 Å². The Kier molecular flexibility index (Phi) is 3.17. The molecule has 3 nitrogen and oxygen atoms in total. The molecule has 1 aliphatic heterocycles. The number of nitrogens with zero attached hydrogens (tertiary/aromatic N) is 3. The number of para-hydroxylation sites is 2. The van der Waals surface area contributed by atoms with Gasteiger partial charge in [-0.05, 0) is 23.8 Å². The standard InChI is InChI=1S/C22H17N3/c1-2-9-18(10-3-1)22-23-20-12-6-4-11-19(20)16-25(22)24-15-14-17-8-5-7-13-21(17)24/h1-16,22H. The molecule has 25 heavy (non-hydrogen) atoms. The molecule has 0 N–H and O–H groups in total. The summed E-state index contributed by atoms with van der Waals surface area (Å²) in [5.74, 6) is 0. The Hall–Kier alpha value is -3.33. The summed E-state index contributed by atoms with van der Waals surface area (Å²) >= 11 is 0. The number of hydrogen-bond donors (Lipinski definition) is 0. The van der Waals surface area contributed by atoms with Gasteiger partial charge in [0.05, 0.1) is 10.9 Å². The smallest absolute Gasteiger partial charge is 0.166 e. The Labute approximate surface area is 145 Å². The largest absolute Gasteiger partial charge is 0.259 e. The molecular weight excluding hydrogens is 306 g/mol. The van der Waals surface area contributed by atoms with E-state index in [1.807, 2.05) is 12.1 Å². The SMILES string of the molecule is C1=c2ccccc2=NC(c2ccccc2)N1n1ccc2ccccc21. The van der Waals surface area contributed by atoms with Gasteiger partial charge in [0.25, 0.3) is 0 Å². The van der Waals surface area contributed by atoms with Crippen LogP contribution in [0.25, 0.3) is 17.1 Å². The molecule has 0 aliphatic carbocycles. The van der Waals surface area contributed by atoms with Crippen LogP contribution in [0.4, 0.5) is 0 Å². The number of rotatable bonds is 2. The van der Waals surface area contributed by atoms with Gasteiger partial charge in [-0.1, -0.05) is 66.7 Å². The van der Waals surface area contributed by atoms with Crippen molar-refractivity contribution in [2.45, 2.75) is 6.17 Å². The van der Waals surface area contributed by atoms with Gasteiger partial charge in [0.2, 0.25) is 0 Å². The maximum atomic E-state index is 5.03. The molecule has 1 unspecified atom stereocenters. The molecule has 1 atom stereocenters. The zero-order chi connectivity index (χ0) is 16.6. The summed E-state index contributed by atoms with van der Waals surface area (Å²) in [5.41, 5.74) is 2.35. The number of aromatic nitrogens is 1. The van der Waals surface area contributed by atoms with E-state index in [9.17, 15) is 0 Å². The molecule has 4 aromatic rings. The summed E-state index contributed by atoms with van der Waals surface area (Å²) < 4.78 is 2.19. The van der Waals surface area contributed by atoms with E-state index in [1.165, 1.54) is 16.5 Å². The molecule has 0 amide bonds. The van der Waals surface area contributed by atoms with Gasteiger partial charge in [0.1, 0.15) is 0 Å². The fourth-order valence-electron chi connectivity index (χ4n) is 3.42. The maximum absolute atomic E-state index is 5.03. The van der Waals surface area contributed by atoms with Crippen molar-refractivity contribution in [1.82, 2.24) is 4.68 Å². The van der Waals surface area contributed by atoms with Gasteiger partial charge in [-0.25, -0.2) is 0 Å². The molecule has 0 radical (unpaired) electrons. The molecule has 5 rings (SSSR count). The van der Waals surface area contributed by atoms with E-state index in [-0.39, 0.29) is 6.17 Å². The summed E-state index contributed by atoms with van der Waals surface area (Å²) in [5, 5.41) is 5.60. The van der Waals surface area contributed by atoms with Gasteiger partial charge in [0.15, 0.2) is 6.17 Å². The highest BCUT2D eigenvalue weighted by molar-refractivity contribution is 5.80. The van der Waals surface area contributed by atoms with Crippen LogP contribution in [0, 0.1) is 0 Å². The fraction of sp³-hybridized carbons (Fsp3) is 0.0455. The van der Waals surface area contributed by atoms with Crippen molar-refractivity contribution >= 4 is 17.1 Å². The van der Waals surface area contributed by atoms with Crippen molar-refractivity contribution in [2.24, 2.45) is 4.99 Å². The van der Waals surface area contributed by atoms with Crippen molar-refractivity contribution in [3.63, 3.8) is 0 Å². The maximum Gasteiger partial charge on any atom is 0.166 e. The normalized spacial score (nSPS) is 16.2. The Balaban J connectivity index is 1.76. The monoisotopic (exact) mass is 323 g/mol. The summed E-state index contributed by atoms with van der Waals surface area (Å²) in [7, 11) is 0. The first-order chi connectivity index (χ1) is 12.4. The van der Waals surface area contributed by atoms with Gasteiger partial charge in [0, 0.05) is 23.0 Å². The quantitative estimate of drug-likeness (QED) is 0.554. The first-order valence-electron chi connectivity index (χ1n) is 8.44. The van der Waals surface area contributed by atoms with Crippen LogP contribution in [0.2, 0.25) is 0 Å². The summed E-state index contributed by atoms with van der Waals surface area (Å²) in [6, 6.07) is 29.3. The second-order valence-corrected chi connectivity index (χ2v) is 6.20. The lowest BCUT2D eigenvalue weighted by Gasteiger charge is -2.31. The lowest BCUT2D eigenvalue weighted by atomic mass is 10.1. The van der Waals surface area contributed by atoms with Gasteiger partial charge in [-0.3, -0.25) is 14.7 Å². The highest BCUT2D eigenvalue weighted by atomic mass is 15.6. The van der Waals surface area contributed by atoms with Gasteiger partial charge in [-0.15, -0.1) is 0 Å². The summed E-state index contributed by atoms with van der Waals surface area (Å²) in [6.45, 7) is 0. The topological polar surface area (TPSA) is 20.5 Å². The Bertz CT molecular complexity index is 1160. The first-order valence-corrected chi connectivity index (χ1v) is 8.44. The van der Waals surface area contributed by atoms with Crippen molar-refractivity contribution in [1.29, 1.82) is 0 Å². The minimum absolute atomic E-state index is 0.0908. The predicted molar refractivity (Wildman–Crippen MR) is 101 cm³/mol. The van der Waals surface area contributed by atoms with Crippen molar-refractivity contribution in [2.75, 3.05) is 5.01 Å². The summed E-state index contributed by atoms with van der Waals surface area (Å²) in [6.07, 6.45) is 4.21. The highest BCUT2D eigenvalue weighted by Gasteiger charge is 2.21. The average molecular weight is 323 g/mol. The van der Waals surface area contributed by atoms with Gasteiger partial charge in [-0.2, -0.15) is 0 Å². The molecule has 3 aromatic carbocycles. The van der Waals surface area contributed by atoms with Crippen LogP contribution in [0.3, 0.4) is 0 Å². The zero-order valence-electron chi connectivity index (χ0n) is 13.7. The minimum Gasteiger partial charge on any atom is -0.259 e. The first kappa shape index (κ1) is 14.1. The summed E-state index contributed by atoms with van der Waals surface area (Å²) in [4.78, 5) is 5.03. The third-order valence-electron chi connectivity index (χ3n) is 4.65. The molecule has 3 heteroatoms. The number of fused-ring (bicyclic) bond motifs is 2. The molecule has 120 valence electrons.